The predicted molar refractivity (Wildman–Crippen MR) is 74.7 cm³/mol. The molecule has 1 aromatic rings. The summed E-state index contributed by atoms with van der Waals surface area (Å²) < 4.78 is 1.10. The monoisotopic (exact) mass is 311 g/mol. The Hall–Kier alpha value is -0.870. The van der Waals surface area contributed by atoms with Crippen LogP contribution in [0.15, 0.2) is 22.7 Å². The van der Waals surface area contributed by atoms with Crippen molar-refractivity contribution >= 4 is 21.9 Å². The summed E-state index contributed by atoms with van der Waals surface area (Å²) in [6.07, 6.45) is 2.41. The van der Waals surface area contributed by atoms with E-state index in [1.165, 1.54) is 11.1 Å². The zero-order chi connectivity index (χ0) is 13.1. The molecule has 0 radical (unpaired) electrons. The average molecular weight is 312 g/mol. The SMILES string of the molecule is CCN(CCC(=O)O)C1CCc2ccc(Br)cc21. The maximum Gasteiger partial charge on any atom is 0.304 e. The summed E-state index contributed by atoms with van der Waals surface area (Å²) in [5.74, 6) is -0.721. The number of nitrogens with zero attached hydrogens (tertiary/aromatic N) is 1. The van der Waals surface area contributed by atoms with Crippen molar-refractivity contribution in [1.82, 2.24) is 4.90 Å². The number of benzene rings is 1. The van der Waals surface area contributed by atoms with Gasteiger partial charge in [0.25, 0.3) is 0 Å². The second-order valence-electron chi connectivity index (χ2n) is 4.67. The minimum absolute atomic E-state index is 0.216. The Morgan fingerprint density at radius 1 is 1.56 bits per heavy atom. The third-order valence-electron chi connectivity index (χ3n) is 3.61. The van der Waals surface area contributed by atoms with E-state index in [4.69, 9.17) is 5.11 Å². The van der Waals surface area contributed by atoms with Crippen LogP contribution in [0.3, 0.4) is 0 Å². The van der Waals surface area contributed by atoms with E-state index in [1.54, 1.807) is 0 Å². The van der Waals surface area contributed by atoms with Crippen LogP contribution in [0.4, 0.5) is 0 Å². The lowest BCUT2D eigenvalue weighted by molar-refractivity contribution is -0.137. The van der Waals surface area contributed by atoms with Crippen molar-refractivity contribution in [3.05, 3.63) is 33.8 Å². The number of aliphatic carboxylic acids is 1. The summed E-state index contributed by atoms with van der Waals surface area (Å²) in [7, 11) is 0. The first-order valence-electron chi connectivity index (χ1n) is 6.36. The lowest BCUT2D eigenvalue weighted by atomic mass is 10.1. The minimum atomic E-state index is -0.721. The first-order chi connectivity index (χ1) is 8.61. The number of carboxylic acids is 1. The number of hydrogen-bond donors (Lipinski definition) is 1. The van der Waals surface area contributed by atoms with Crippen molar-refractivity contribution in [2.45, 2.75) is 32.2 Å². The van der Waals surface area contributed by atoms with Gasteiger partial charge in [-0.25, -0.2) is 0 Å². The van der Waals surface area contributed by atoms with Crippen LogP contribution < -0.4 is 0 Å². The van der Waals surface area contributed by atoms with Crippen LogP contribution in [0.1, 0.15) is 36.9 Å². The van der Waals surface area contributed by atoms with Crippen molar-refractivity contribution < 1.29 is 9.90 Å². The molecule has 18 heavy (non-hydrogen) atoms. The summed E-state index contributed by atoms with van der Waals surface area (Å²) in [5.41, 5.74) is 2.76. The molecule has 0 heterocycles. The molecule has 1 unspecified atom stereocenters. The second kappa shape index (κ2) is 5.85. The van der Waals surface area contributed by atoms with E-state index in [-0.39, 0.29) is 6.42 Å². The van der Waals surface area contributed by atoms with Gasteiger partial charge in [0.15, 0.2) is 0 Å². The maximum absolute atomic E-state index is 10.7. The van der Waals surface area contributed by atoms with E-state index in [0.29, 0.717) is 12.6 Å². The van der Waals surface area contributed by atoms with E-state index >= 15 is 0 Å². The molecule has 0 saturated carbocycles. The van der Waals surface area contributed by atoms with E-state index in [1.807, 2.05) is 0 Å². The largest absolute Gasteiger partial charge is 0.481 e. The fraction of sp³-hybridized carbons (Fsp3) is 0.500. The quantitative estimate of drug-likeness (QED) is 0.907. The Labute approximate surface area is 116 Å². The highest BCUT2D eigenvalue weighted by Gasteiger charge is 2.27. The molecule has 3 nitrogen and oxygen atoms in total. The summed E-state index contributed by atoms with van der Waals surface area (Å²) in [6.45, 7) is 3.62. The van der Waals surface area contributed by atoms with E-state index in [9.17, 15) is 4.79 Å². The van der Waals surface area contributed by atoms with Crippen molar-refractivity contribution in [2.24, 2.45) is 0 Å². The average Bonchev–Trinajstić information content (AvgIpc) is 2.73. The summed E-state index contributed by atoms with van der Waals surface area (Å²) in [5, 5.41) is 8.81. The highest BCUT2D eigenvalue weighted by molar-refractivity contribution is 9.10. The van der Waals surface area contributed by atoms with Crippen molar-refractivity contribution in [1.29, 1.82) is 0 Å². The van der Waals surface area contributed by atoms with E-state index < -0.39 is 5.97 Å². The Kier molecular flexibility index (Phi) is 4.40. The standard InChI is InChI=1S/C14H18BrNO2/c1-2-16(8-7-14(17)18)13-6-4-10-3-5-11(15)9-12(10)13/h3,5,9,13H,2,4,6-8H2,1H3,(H,17,18). The Bertz CT molecular complexity index is 447. The normalized spacial score (nSPS) is 18.1. The van der Waals surface area contributed by atoms with Gasteiger partial charge >= 0.3 is 5.97 Å². The molecule has 1 atom stereocenters. The molecule has 1 aliphatic rings. The van der Waals surface area contributed by atoms with Gasteiger partial charge in [0.1, 0.15) is 0 Å². The van der Waals surface area contributed by atoms with Gasteiger partial charge in [-0.05, 0) is 42.6 Å². The summed E-state index contributed by atoms with van der Waals surface area (Å²) in [4.78, 5) is 13.0. The topological polar surface area (TPSA) is 40.5 Å². The van der Waals surface area contributed by atoms with Gasteiger partial charge in [-0.2, -0.15) is 0 Å². The number of carbonyl (C=O) groups is 1. The molecule has 98 valence electrons. The van der Waals surface area contributed by atoms with Crippen LogP contribution in [0.5, 0.6) is 0 Å². The number of hydrogen-bond acceptors (Lipinski definition) is 2. The second-order valence-corrected chi connectivity index (χ2v) is 5.59. The van der Waals surface area contributed by atoms with E-state index in [2.05, 4.69) is 46.0 Å². The molecule has 0 aromatic heterocycles. The highest BCUT2D eigenvalue weighted by atomic mass is 79.9. The predicted octanol–water partition coefficient (Wildman–Crippen LogP) is 3.23. The van der Waals surface area contributed by atoms with Crippen LogP contribution >= 0.6 is 15.9 Å². The molecule has 1 aromatic carbocycles. The van der Waals surface area contributed by atoms with Gasteiger partial charge in [0.05, 0.1) is 6.42 Å². The van der Waals surface area contributed by atoms with Crippen molar-refractivity contribution in [3.8, 4) is 0 Å². The first kappa shape index (κ1) is 13.6. The van der Waals surface area contributed by atoms with E-state index in [0.717, 1.165) is 23.9 Å². The molecular weight excluding hydrogens is 294 g/mol. The molecule has 0 aliphatic heterocycles. The minimum Gasteiger partial charge on any atom is -0.481 e. The Morgan fingerprint density at radius 3 is 3.00 bits per heavy atom. The molecule has 2 rings (SSSR count). The van der Waals surface area contributed by atoms with Crippen LogP contribution in [0, 0.1) is 0 Å². The molecule has 1 N–H and O–H groups in total. The first-order valence-corrected chi connectivity index (χ1v) is 7.15. The molecule has 0 bridgehead atoms. The van der Waals surface area contributed by atoms with Gasteiger partial charge < -0.3 is 5.11 Å². The zero-order valence-corrected chi connectivity index (χ0v) is 12.1. The van der Waals surface area contributed by atoms with Gasteiger partial charge in [-0.3, -0.25) is 9.69 Å². The molecular formula is C14H18BrNO2. The number of fused-ring (bicyclic) bond motifs is 1. The summed E-state index contributed by atoms with van der Waals surface area (Å²) in [6, 6.07) is 6.80. The van der Waals surface area contributed by atoms with Crippen molar-refractivity contribution in [2.75, 3.05) is 13.1 Å². The smallest absolute Gasteiger partial charge is 0.304 e. The number of rotatable bonds is 5. The zero-order valence-electron chi connectivity index (χ0n) is 10.5. The van der Waals surface area contributed by atoms with Gasteiger partial charge in [0, 0.05) is 17.1 Å². The summed E-state index contributed by atoms with van der Waals surface area (Å²) >= 11 is 3.51. The third kappa shape index (κ3) is 2.93. The van der Waals surface area contributed by atoms with Crippen LogP contribution in [-0.2, 0) is 11.2 Å². The molecule has 0 fully saturated rings. The fourth-order valence-corrected chi connectivity index (χ4v) is 3.08. The van der Waals surface area contributed by atoms with Gasteiger partial charge in [0.2, 0.25) is 0 Å². The Morgan fingerprint density at radius 2 is 2.33 bits per heavy atom. The third-order valence-corrected chi connectivity index (χ3v) is 4.11. The molecule has 0 spiro atoms. The van der Waals surface area contributed by atoms with Gasteiger partial charge in [-0.1, -0.05) is 28.9 Å². The number of carboxylic acid groups (broad SMARTS) is 1. The fourth-order valence-electron chi connectivity index (χ4n) is 2.70. The van der Waals surface area contributed by atoms with Crippen LogP contribution in [-0.4, -0.2) is 29.1 Å². The Balaban J connectivity index is 2.14. The highest BCUT2D eigenvalue weighted by Crippen LogP contribution is 2.37. The molecule has 0 amide bonds. The van der Waals surface area contributed by atoms with Crippen LogP contribution in [0.25, 0.3) is 0 Å². The molecule has 0 saturated heterocycles. The van der Waals surface area contributed by atoms with Gasteiger partial charge in [-0.15, -0.1) is 0 Å². The molecule has 1 aliphatic carbocycles. The lowest BCUT2D eigenvalue weighted by Gasteiger charge is -2.27. The molecule has 4 heteroatoms. The van der Waals surface area contributed by atoms with Crippen LogP contribution in [0.2, 0.25) is 0 Å². The lowest BCUT2D eigenvalue weighted by Crippen LogP contribution is -2.29. The maximum atomic E-state index is 10.7. The number of aryl methyl sites for hydroxylation is 1. The number of halogens is 1. The van der Waals surface area contributed by atoms with Crippen molar-refractivity contribution in [3.63, 3.8) is 0 Å².